The van der Waals surface area contributed by atoms with Gasteiger partial charge in [0, 0.05) is 0 Å². The molecule has 0 aliphatic heterocycles. The Morgan fingerprint density at radius 3 is 1.58 bits per heavy atom. The van der Waals surface area contributed by atoms with E-state index in [1.54, 1.807) is 0 Å². The SMILES string of the molecule is CC(C)(C)c1ccc2[cH-]c3ccc(C(C)(C)C)cc3c2c1.Cl.Cl.[C-]1=CC=CC1.[Zr+2]=[C](Cc1ccccc1)c1ccccc1. The molecule has 6 rings (SSSR count). The van der Waals surface area contributed by atoms with Crippen LogP contribution in [0.5, 0.6) is 0 Å². The van der Waals surface area contributed by atoms with Crippen LogP contribution in [0.4, 0.5) is 0 Å². The molecule has 5 aromatic carbocycles. The van der Waals surface area contributed by atoms with Crippen molar-refractivity contribution in [3.63, 3.8) is 0 Å². The van der Waals surface area contributed by atoms with Crippen LogP contribution in [0.1, 0.15) is 70.2 Å². The molecule has 0 nitrogen and oxygen atoms in total. The number of halogens is 2. The van der Waals surface area contributed by atoms with Crippen molar-refractivity contribution in [1.29, 1.82) is 0 Å². The molecule has 5 aromatic rings. The van der Waals surface area contributed by atoms with E-state index in [1.165, 1.54) is 71.2 Å². The molecule has 222 valence electrons. The van der Waals surface area contributed by atoms with E-state index < -0.39 is 0 Å². The number of hydrogen-bond donors (Lipinski definition) is 0. The Labute approximate surface area is 286 Å². The normalized spacial score (nSPS) is 12.0. The first-order valence-corrected chi connectivity index (χ1v) is 15.8. The van der Waals surface area contributed by atoms with Gasteiger partial charge in [0.1, 0.15) is 0 Å². The summed E-state index contributed by atoms with van der Waals surface area (Å²) < 4.78 is 1.51. The van der Waals surface area contributed by atoms with E-state index in [2.05, 4.69) is 157 Å². The summed E-state index contributed by atoms with van der Waals surface area (Å²) in [5.74, 6) is 0. The molecule has 0 spiro atoms. The standard InChI is InChI=1S/C21H25.C14H12.C5H5.2ClH.Zr/c1-20(2,3)16-9-7-14-11-15-8-10-17(21(4,5)6)13-19(15)18(14)12-16;1-3-7-13(8-4-1)11-12-14-9-5-2-6-10-14;1-2-4-5-3-1;;;/h7-13H,1-6H3;1-10H,11H2;1-3H,4H2;2*1H;/q-1;;-1;;;+2. The molecule has 3 heteroatoms. The molecular weight excluding hydrogens is 643 g/mol. The summed E-state index contributed by atoms with van der Waals surface area (Å²) in [7, 11) is 0. The van der Waals surface area contributed by atoms with Crippen molar-refractivity contribution in [3.05, 3.63) is 150 Å². The molecule has 1 aliphatic rings. The molecule has 43 heavy (non-hydrogen) atoms. The van der Waals surface area contributed by atoms with Gasteiger partial charge in [-0.3, -0.25) is 6.08 Å². The molecule has 0 aromatic heterocycles. The molecule has 0 heterocycles. The van der Waals surface area contributed by atoms with Crippen LogP contribution in [0.2, 0.25) is 0 Å². The van der Waals surface area contributed by atoms with Gasteiger partial charge in [-0.2, -0.15) is 6.08 Å². The zero-order valence-corrected chi connectivity index (χ0v) is 30.4. The second-order valence-electron chi connectivity index (χ2n) is 12.8. The Morgan fingerprint density at radius 1 is 0.698 bits per heavy atom. The van der Waals surface area contributed by atoms with E-state index in [9.17, 15) is 0 Å². The van der Waals surface area contributed by atoms with Gasteiger partial charge in [-0.15, -0.1) is 71.0 Å². The minimum absolute atomic E-state index is 0. The predicted molar refractivity (Wildman–Crippen MR) is 191 cm³/mol. The Morgan fingerprint density at radius 2 is 1.19 bits per heavy atom. The number of allylic oxidation sites excluding steroid dienone is 4. The van der Waals surface area contributed by atoms with E-state index in [4.69, 9.17) is 0 Å². The van der Waals surface area contributed by atoms with E-state index >= 15 is 0 Å². The summed E-state index contributed by atoms with van der Waals surface area (Å²) in [5, 5.41) is 5.49. The number of rotatable bonds is 3. The minimum atomic E-state index is 0. The molecule has 0 fully saturated rings. The van der Waals surface area contributed by atoms with Crippen molar-refractivity contribution >= 4 is 49.6 Å². The first kappa shape index (κ1) is 36.8. The molecule has 0 radical (unpaired) electrons. The molecule has 0 saturated heterocycles. The van der Waals surface area contributed by atoms with Crippen LogP contribution in [0.3, 0.4) is 0 Å². The van der Waals surface area contributed by atoms with E-state index in [0.29, 0.717) is 0 Å². The molecule has 1 aliphatic carbocycles. The van der Waals surface area contributed by atoms with Crippen LogP contribution in [0.25, 0.3) is 21.5 Å². The Hall–Kier alpha value is -2.44. The third kappa shape index (κ3) is 10.6. The van der Waals surface area contributed by atoms with Gasteiger partial charge in [-0.1, -0.05) is 76.9 Å². The quantitative estimate of drug-likeness (QED) is 0.166. The van der Waals surface area contributed by atoms with Gasteiger partial charge in [0.05, 0.1) is 0 Å². The van der Waals surface area contributed by atoms with Crippen LogP contribution in [0.15, 0.2) is 121 Å². The third-order valence-electron chi connectivity index (χ3n) is 7.37. The Kier molecular flexibility index (Phi) is 14.2. The average Bonchev–Trinajstić information content (AvgIpc) is 3.65. The van der Waals surface area contributed by atoms with Crippen molar-refractivity contribution in [2.24, 2.45) is 0 Å². The maximum atomic E-state index is 2.99. The van der Waals surface area contributed by atoms with Crippen LogP contribution in [-0.2, 0) is 41.5 Å². The monoisotopic (exact) mass is 684 g/mol. The molecule has 0 unspecified atom stereocenters. The van der Waals surface area contributed by atoms with Gasteiger partial charge < -0.3 is 0 Å². The summed E-state index contributed by atoms with van der Waals surface area (Å²) in [6.07, 6.45) is 11.1. The molecule has 0 amide bonds. The summed E-state index contributed by atoms with van der Waals surface area (Å²) in [6, 6.07) is 37.4. The maximum absolute atomic E-state index is 2.99. The van der Waals surface area contributed by atoms with Gasteiger partial charge in [0.25, 0.3) is 0 Å². The van der Waals surface area contributed by atoms with Gasteiger partial charge in [-0.25, -0.2) is 12.2 Å². The van der Waals surface area contributed by atoms with E-state index in [-0.39, 0.29) is 35.6 Å². The summed E-state index contributed by atoms with van der Waals surface area (Å²) in [6.45, 7) is 13.7. The Bertz CT molecular complexity index is 1570. The van der Waals surface area contributed by atoms with Gasteiger partial charge in [0.15, 0.2) is 0 Å². The zero-order valence-electron chi connectivity index (χ0n) is 26.3. The fourth-order valence-electron chi connectivity index (χ4n) is 4.81. The first-order valence-electron chi connectivity index (χ1n) is 14.5. The number of hydrogen-bond acceptors (Lipinski definition) is 0. The molecule has 0 N–H and O–H groups in total. The molecule has 0 bridgehead atoms. The van der Waals surface area contributed by atoms with Gasteiger partial charge >= 0.3 is 106 Å². The van der Waals surface area contributed by atoms with Crippen LogP contribution in [-0.4, -0.2) is 3.21 Å². The van der Waals surface area contributed by atoms with Crippen LogP contribution >= 0.6 is 24.8 Å². The second-order valence-corrected chi connectivity index (χ2v) is 14.2. The molecule has 0 saturated carbocycles. The third-order valence-corrected chi connectivity index (χ3v) is 8.52. The van der Waals surface area contributed by atoms with E-state index in [0.717, 1.165) is 12.8 Å². The summed E-state index contributed by atoms with van der Waals surface area (Å²) in [4.78, 5) is 0. The fraction of sp³-hybridized carbons (Fsp3) is 0.250. The van der Waals surface area contributed by atoms with Crippen LogP contribution < -0.4 is 0 Å². The van der Waals surface area contributed by atoms with Gasteiger partial charge in [0.2, 0.25) is 0 Å². The van der Waals surface area contributed by atoms with Crippen LogP contribution in [0, 0.1) is 6.08 Å². The molecule has 0 atom stereocenters. The fourth-order valence-corrected chi connectivity index (χ4v) is 5.72. The van der Waals surface area contributed by atoms with Crippen molar-refractivity contribution in [3.8, 4) is 0 Å². The summed E-state index contributed by atoms with van der Waals surface area (Å²) >= 11 is 1.50. The van der Waals surface area contributed by atoms with Crippen molar-refractivity contribution in [1.82, 2.24) is 0 Å². The van der Waals surface area contributed by atoms with Gasteiger partial charge in [-0.05, 0) is 10.8 Å². The zero-order chi connectivity index (χ0) is 29.5. The Balaban J connectivity index is 0.000000256. The number of benzene rings is 4. The van der Waals surface area contributed by atoms with Crippen molar-refractivity contribution in [2.45, 2.75) is 65.2 Å². The summed E-state index contributed by atoms with van der Waals surface area (Å²) in [5.41, 5.74) is 5.97. The first-order chi connectivity index (χ1) is 19.5. The predicted octanol–water partition coefficient (Wildman–Crippen LogP) is 11.5. The topological polar surface area (TPSA) is 0 Å². The number of fused-ring (bicyclic) bond motifs is 3. The van der Waals surface area contributed by atoms with Crippen molar-refractivity contribution in [2.75, 3.05) is 0 Å². The van der Waals surface area contributed by atoms with E-state index in [1.807, 2.05) is 12.2 Å². The molecular formula is C40H44Cl2Zr. The average molecular weight is 687 g/mol. The second kappa shape index (κ2) is 16.6. The van der Waals surface area contributed by atoms with Crippen molar-refractivity contribution < 1.29 is 24.2 Å².